The third-order valence-electron chi connectivity index (χ3n) is 4.51. The minimum absolute atomic E-state index is 0.0974. The number of aryl methyl sites for hydroxylation is 4. The van der Waals surface area contributed by atoms with Crippen molar-refractivity contribution in [3.05, 3.63) is 56.6 Å². The Morgan fingerprint density at radius 3 is 2.48 bits per heavy atom. The fraction of sp³-hybridized carbons (Fsp3) is 0.333. The second-order valence-corrected chi connectivity index (χ2v) is 6.28. The van der Waals surface area contributed by atoms with Crippen molar-refractivity contribution in [1.82, 2.24) is 24.9 Å². The number of amides is 1. The monoisotopic (exact) mass is 339 g/mol. The van der Waals surface area contributed by atoms with Gasteiger partial charge in [-0.25, -0.2) is 0 Å². The Hall–Kier alpha value is -2.96. The number of hydrogen-bond donors (Lipinski definition) is 1. The predicted octanol–water partition coefficient (Wildman–Crippen LogP) is 1.52. The van der Waals surface area contributed by atoms with Crippen molar-refractivity contribution in [2.75, 3.05) is 0 Å². The zero-order chi connectivity index (χ0) is 18.3. The Bertz CT molecular complexity index is 1050. The highest BCUT2D eigenvalue weighted by Gasteiger charge is 2.18. The lowest BCUT2D eigenvalue weighted by molar-refractivity contribution is 0.0943. The van der Waals surface area contributed by atoms with E-state index < -0.39 is 5.91 Å². The van der Waals surface area contributed by atoms with Crippen LogP contribution in [0, 0.1) is 20.8 Å². The van der Waals surface area contributed by atoms with Gasteiger partial charge < -0.3 is 5.32 Å². The molecule has 2 aromatic heterocycles. The van der Waals surface area contributed by atoms with E-state index in [1.54, 1.807) is 22.5 Å². The number of benzene rings is 1. The maximum Gasteiger partial charge on any atom is 0.276 e. The maximum atomic E-state index is 12.7. The number of aromatic nitrogens is 4. The van der Waals surface area contributed by atoms with Crippen LogP contribution in [0.5, 0.6) is 0 Å². The Kier molecular flexibility index (Phi) is 4.16. The molecule has 0 radical (unpaired) electrons. The molecule has 7 heteroatoms. The summed E-state index contributed by atoms with van der Waals surface area (Å²) in [6.45, 7) is 6.05. The van der Waals surface area contributed by atoms with Gasteiger partial charge in [-0.15, -0.1) is 0 Å². The molecular formula is C18H21N5O2. The molecule has 0 aliphatic rings. The van der Waals surface area contributed by atoms with Gasteiger partial charge in [-0.3, -0.25) is 19.0 Å². The summed E-state index contributed by atoms with van der Waals surface area (Å²) < 4.78 is 3.33. The Morgan fingerprint density at radius 1 is 1.12 bits per heavy atom. The van der Waals surface area contributed by atoms with Crippen molar-refractivity contribution >= 4 is 16.8 Å². The van der Waals surface area contributed by atoms with Gasteiger partial charge in [0.05, 0.1) is 16.6 Å². The van der Waals surface area contributed by atoms with Gasteiger partial charge in [-0.1, -0.05) is 11.6 Å². The van der Waals surface area contributed by atoms with Gasteiger partial charge in [0.25, 0.3) is 5.91 Å². The molecule has 0 spiro atoms. The van der Waals surface area contributed by atoms with E-state index in [4.69, 9.17) is 0 Å². The smallest absolute Gasteiger partial charge is 0.276 e. The van der Waals surface area contributed by atoms with Crippen LogP contribution in [0.4, 0.5) is 0 Å². The second-order valence-electron chi connectivity index (χ2n) is 6.28. The third-order valence-corrected chi connectivity index (χ3v) is 4.51. The standard InChI is InChI=1S/C18H21N5O2/c1-10-6-7-15-13(8-10)17(24)16(21-23(15)5)18(25)19-9-14-11(2)20-22(4)12(14)3/h6-8H,9H2,1-5H3,(H,19,25). The summed E-state index contributed by atoms with van der Waals surface area (Å²) in [5.74, 6) is -0.480. The number of fused-ring (bicyclic) bond motifs is 1. The average Bonchev–Trinajstić information content (AvgIpc) is 2.81. The van der Waals surface area contributed by atoms with Crippen LogP contribution < -0.4 is 10.7 Å². The van der Waals surface area contributed by atoms with E-state index in [0.29, 0.717) is 17.4 Å². The molecule has 1 amide bonds. The van der Waals surface area contributed by atoms with Crippen molar-refractivity contribution in [1.29, 1.82) is 0 Å². The van der Waals surface area contributed by atoms with E-state index in [2.05, 4.69) is 15.5 Å². The highest BCUT2D eigenvalue weighted by molar-refractivity contribution is 5.95. The minimum Gasteiger partial charge on any atom is -0.346 e. The SMILES string of the molecule is Cc1ccc2c(c1)c(=O)c(C(=O)NCc1c(C)nn(C)c1C)nn2C. The number of carbonyl (C=O) groups excluding carboxylic acids is 1. The lowest BCUT2D eigenvalue weighted by Crippen LogP contribution is -2.31. The highest BCUT2D eigenvalue weighted by atomic mass is 16.2. The summed E-state index contributed by atoms with van der Waals surface area (Å²) in [4.78, 5) is 25.2. The molecule has 0 aliphatic carbocycles. The summed E-state index contributed by atoms with van der Waals surface area (Å²) in [7, 11) is 3.58. The Balaban J connectivity index is 1.95. The number of carbonyl (C=O) groups is 1. The molecule has 0 aliphatic heterocycles. The number of nitrogens with one attached hydrogen (secondary N) is 1. The van der Waals surface area contributed by atoms with Crippen LogP contribution in [0.25, 0.3) is 10.9 Å². The quantitative estimate of drug-likeness (QED) is 0.784. The van der Waals surface area contributed by atoms with Crippen LogP contribution in [0.3, 0.4) is 0 Å². The molecule has 0 saturated carbocycles. The van der Waals surface area contributed by atoms with Gasteiger partial charge in [-0.05, 0) is 32.9 Å². The van der Waals surface area contributed by atoms with E-state index in [1.165, 1.54) is 0 Å². The maximum absolute atomic E-state index is 12.7. The first-order chi connectivity index (χ1) is 11.8. The summed E-state index contributed by atoms with van der Waals surface area (Å²) >= 11 is 0. The van der Waals surface area contributed by atoms with Crippen molar-refractivity contribution in [2.24, 2.45) is 14.1 Å². The van der Waals surface area contributed by atoms with Crippen molar-refractivity contribution in [3.8, 4) is 0 Å². The highest BCUT2D eigenvalue weighted by Crippen LogP contribution is 2.13. The van der Waals surface area contributed by atoms with Gasteiger partial charge in [0.1, 0.15) is 0 Å². The van der Waals surface area contributed by atoms with Crippen LogP contribution in [0.15, 0.2) is 23.0 Å². The average molecular weight is 339 g/mol. The van der Waals surface area contributed by atoms with Crippen LogP contribution in [-0.2, 0) is 20.6 Å². The Labute approximate surface area is 145 Å². The van der Waals surface area contributed by atoms with Crippen LogP contribution in [0.2, 0.25) is 0 Å². The topological polar surface area (TPSA) is 81.8 Å². The molecule has 2 heterocycles. The summed E-state index contributed by atoms with van der Waals surface area (Å²) in [6.07, 6.45) is 0. The largest absolute Gasteiger partial charge is 0.346 e. The number of nitrogens with zero attached hydrogens (tertiary/aromatic N) is 4. The van der Waals surface area contributed by atoms with Gasteiger partial charge in [0, 0.05) is 31.9 Å². The first kappa shape index (κ1) is 16.9. The van der Waals surface area contributed by atoms with E-state index in [-0.39, 0.29) is 11.1 Å². The van der Waals surface area contributed by atoms with Crippen LogP contribution in [-0.4, -0.2) is 25.5 Å². The van der Waals surface area contributed by atoms with Crippen molar-refractivity contribution in [2.45, 2.75) is 27.3 Å². The number of hydrogen-bond acceptors (Lipinski definition) is 4. The van der Waals surface area contributed by atoms with E-state index in [9.17, 15) is 9.59 Å². The van der Waals surface area contributed by atoms with Crippen molar-refractivity contribution < 1.29 is 4.79 Å². The normalized spacial score (nSPS) is 11.1. The number of rotatable bonds is 3. The second kappa shape index (κ2) is 6.16. The lowest BCUT2D eigenvalue weighted by atomic mass is 10.1. The molecular weight excluding hydrogens is 318 g/mol. The zero-order valence-electron chi connectivity index (χ0n) is 15.0. The fourth-order valence-corrected chi connectivity index (χ4v) is 2.97. The first-order valence-electron chi connectivity index (χ1n) is 8.04. The predicted molar refractivity (Wildman–Crippen MR) is 95.6 cm³/mol. The fourth-order valence-electron chi connectivity index (χ4n) is 2.97. The zero-order valence-corrected chi connectivity index (χ0v) is 15.0. The molecule has 3 rings (SSSR count). The summed E-state index contributed by atoms with van der Waals surface area (Å²) in [5.41, 5.74) is 4.00. The Morgan fingerprint density at radius 2 is 1.84 bits per heavy atom. The minimum atomic E-state index is -0.480. The van der Waals surface area contributed by atoms with E-state index in [1.807, 2.05) is 40.0 Å². The van der Waals surface area contributed by atoms with Crippen LogP contribution >= 0.6 is 0 Å². The third kappa shape index (κ3) is 2.93. The molecule has 130 valence electrons. The molecule has 1 N–H and O–H groups in total. The molecule has 25 heavy (non-hydrogen) atoms. The first-order valence-corrected chi connectivity index (χ1v) is 8.04. The summed E-state index contributed by atoms with van der Waals surface area (Å²) in [6, 6.07) is 5.53. The molecule has 0 atom stereocenters. The van der Waals surface area contributed by atoms with E-state index in [0.717, 1.165) is 22.5 Å². The van der Waals surface area contributed by atoms with E-state index >= 15 is 0 Å². The van der Waals surface area contributed by atoms with Crippen LogP contribution in [0.1, 0.15) is 33.0 Å². The molecule has 1 aromatic carbocycles. The molecule has 0 unspecified atom stereocenters. The molecule has 3 aromatic rings. The van der Waals surface area contributed by atoms with Gasteiger partial charge in [0.2, 0.25) is 5.43 Å². The van der Waals surface area contributed by atoms with Gasteiger partial charge in [-0.2, -0.15) is 10.2 Å². The molecule has 7 nitrogen and oxygen atoms in total. The molecule has 0 saturated heterocycles. The van der Waals surface area contributed by atoms with Gasteiger partial charge in [0.15, 0.2) is 5.69 Å². The van der Waals surface area contributed by atoms with Gasteiger partial charge >= 0.3 is 0 Å². The van der Waals surface area contributed by atoms with Crippen molar-refractivity contribution in [3.63, 3.8) is 0 Å². The molecule has 0 fully saturated rings. The molecule has 0 bridgehead atoms. The lowest BCUT2D eigenvalue weighted by Gasteiger charge is -2.09. The summed E-state index contributed by atoms with van der Waals surface area (Å²) in [5, 5.41) is 11.8.